The summed E-state index contributed by atoms with van der Waals surface area (Å²) in [4.78, 5) is 25.5. The number of H-pyrrole nitrogens is 1. The molecular formula is C12H12N2O3. The average molecular weight is 232 g/mol. The summed E-state index contributed by atoms with van der Waals surface area (Å²) in [6.07, 6.45) is 0.622. The largest absolute Gasteiger partial charge is 0.449 e. The molecule has 88 valence electrons. The zero-order valence-corrected chi connectivity index (χ0v) is 9.27. The van der Waals surface area contributed by atoms with Crippen LogP contribution in [0.4, 0.5) is 0 Å². The Morgan fingerprint density at radius 2 is 2.06 bits per heavy atom. The van der Waals surface area contributed by atoms with Crippen molar-refractivity contribution in [2.45, 2.75) is 13.0 Å². The third-order valence-electron chi connectivity index (χ3n) is 2.49. The van der Waals surface area contributed by atoms with E-state index in [9.17, 15) is 9.59 Å². The summed E-state index contributed by atoms with van der Waals surface area (Å²) in [5.74, 6) is -1.23. The van der Waals surface area contributed by atoms with Crippen molar-refractivity contribution in [3.63, 3.8) is 0 Å². The van der Waals surface area contributed by atoms with Gasteiger partial charge >= 0.3 is 5.97 Å². The summed E-state index contributed by atoms with van der Waals surface area (Å²) < 4.78 is 4.93. The van der Waals surface area contributed by atoms with Crippen molar-refractivity contribution in [2.75, 3.05) is 0 Å². The molecule has 1 aromatic carbocycles. The van der Waals surface area contributed by atoms with Crippen LogP contribution in [0.25, 0.3) is 10.9 Å². The maximum atomic E-state index is 11.8. The average Bonchev–Trinajstić information content (AvgIpc) is 2.72. The number of carbonyl (C=O) groups is 2. The second kappa shape index (κ2) is 4.29. The lowest BCUT2D eigenvalue weighted by Gasteiger charge is -2.08. The van der Waals surface area contributed by atoms with Crippen LogP contribution >= 0.6 is 0 Å². The molecule has 0 fully saturated rings. The van der Waals surface area contributed by atoms with Gasteiger partial charge in [-0.05, 0) is 13.0 Å². The fourth-order valence-corrected chi connectivity index (χ4v) is 1.52. The van der Waals surface area contributed by atoms with Crippen molar-refractivity contribution in [3.8, 4) is 0 Å². The fraction of sp³-hybridized carbons (Fsp3) is 0.167. The van der Waals surface area contributed by atoms with Crippen LogP contribution < -0.4 is 5.73 Å². The van der Waals surface area contributed by atoms with Gasteiger partial charge in [0.15, 0.2) is 6.10 Å². The summed E-state index contributed by atoms with van der Waals surface area (Å²) >= 11 is 0. The lowest BCUT2D eigenvalue weighted by Crippen LogP contribution is -2.30. The number of amides is 1. The molecule has 1 amide bonds. The molecule has 2 rings (SSSR count). The van der Waals surface area contributed by atoms with E-state index in [2.05, 4.69) is 4.98 Å². The van der Waals surface area contributed by atoms with Crippen molar-refractivity contribution >= 4 is 22.8 Å². The molecular weight excluding hydrogens is 220 g/mol. The van der Waals surface area contributed by atoms with E-state index in [1.165, 1.54) is 6.92 Å². The number of rotatable bonds is 3. The van der Waals surface area contributed by atoms with Gasteiger partial charge in [-0.2, -0.15) is 0 Å². The first-order valence-corrected chi connectivity index (χ1v) is 5.16. The van der Waals surface area contributed by atoms with E-state index < -0.39 is 18.0 Å². The first-order chi connectivity index (χ1) is 8.09. The van der Waals surface area contributed by atoms with E-state index in [0.29, 0.717) is 5.56 Å². The molecule has 1 atom stereocenters. The molecule has 1 heterocycles. The van der Waals surface area contributed by atoms with Crippen molar-refractivity contribution in [3.05, 3.63) is 36.0 Å². The maximum Gasteiger partial charge on any atom is 0.341 e. The van der Waals surface area contributed by atoms with Crippen LogP contribution in [0.5, 0.6) is 0 Å². The number of benzene rings is 1. The molecule has 0 bridgehead atoms. The SMILES string of the molecule is C[C@H](OC(=O)c1c[nH]c2ccccc12)C(N)=O. The molecule has 17 heavy (non-hydrogen) atoms. The first kappa shape index (κ1) is 11.2. The summed E-state index contributed by atoms with van der Waals surface area (Å²) in [5.41, 5.74) is 6.26. The highest BCUT2D eigenvalue weighted by atomic mass is 16.5. The van der Waals surface area contributed by atoms with E-state index in [-0.39, 0.29) is 0 Å². The molecule has 3 N–H and O–H groups in total. The summed E-state index contributed by atoms with van der Waals surface area (Å²) in [7, 11) is 0. The standard InChI is InChI=1S/C12H12N2O3/c1-7(11(13)15)17-12(16)9-6-14-10-5-3-2-4-8(9)10/h2-7,14H,1H3,(H2,13,15)/t7-/m0/s1. The molecule has 5 heteroatoms. The van der Waals surface area contributed by atoms with E-state index in [1.807, 2.05) is 18.2 Å². The van der Waals surface area contributed by atoms with Crippen molar-refractivity contribution < 1.29 is 14.3 Å². The molecule has 0 aliphatic carbocycles. The predicted octanol–water partition coefficient (Wildman–Crippen LogP) is 1.20. The Morgan fingerprint density at radius 1 is 1.35 bits per heavy atom. The van der Waals surface area contributed by atoms with E-state index in [1.54, 1.807) is 12.3 Å². The number of fused-ring (bicyclic) bond motifs is 1. The zero-order chi connectivity index (χ0) is 12.4. The molecule has 0 saturated heterocycles. The van der Waals surface area contributed by atoms with Crippen molar-refractivity contribution in [1.29, 1.82) is 0 Å². The maximum absolute atomic E-state index is 11.8. The second-order valence-electron chi connectivity index (χ2n) is 3.70. The normalized spacial score (nSPS) is 12.3. The van der Waals surface area contributed by atoms with Crippen LogP contribution in [0.3, 0.4) is 0 Å². The Kier molecular flexibility index (Phi) is 2.82. The third kappa shape index (κ3) is 2.13. The Balaban J connectivity index is 2.28. The monoisotopic (exact) mass is 232 g/mol. The highest BCUT2D eigenvalue weighted by Crippen LogP contribution is 2.18. The van der Waals surface area contributed by atoms with Gasteiger partial charge in [0.05, 0.1) is 5.56 Å². The summed E-state index contributed by atoms with van der Waals surface area (Å²) in [6.45, 7) is 1.44. The third-order valence-corrected chi connectivity index (χ3v) is 2.49. The topological polar surface area (TPSA) is 85.2 Å². The molecule has 0 unspecified atom stereocenters. The number of aromatic amines is 1. The Bertz CT molecular complexity index is 574. The number of nitrogens with one attached hydrogen (secondary N) is 1. The Morgan fingerprint density at radius 3 is 2.76 bits per heavy atom. The quantitative estimate of drug-likeness (QED) is 0.779. The van der Waals surface area contributed by atoms with Gasteiger partial charge in [-0.15, -0.1) is 0 Å². The van der Waals surface area contributed by atoms with E-state index >= 15 is 0 Å². The highest BCUT2D eigenvalue weighted by molar-refractivity contribution is 6.04. The summed E-state index contributed by atoms with van der Waals surface area (Å²) in [5, 5.41) is 0.758. The van der Waals surface area contributed by atoms with Gasteiger partial charge in [-0.25, -0.2) is 4.79 Å². The molecule has 0 saturated carbocycles. The van der Waals surface area contributed by atoms with Crippen LogP contribution in [0.2, 0.25) is 0 Å². The lowest BCUT2D eigenvalue weighted by molar-refractivity contribution is -0.125. The van der Waals surface area contributed by atoms with E-state index in [4.69, 9.17) is 10.5 Å². The van der Waals surface area contributed by atoms with Crippen LogP contribution in [0, 0.1) is 0 Å². The number of ether oxygens (including phenoxy) is 1. The minimum atomic E-state index is -0.934. The zero-order valence-electron chi connectivity index (χ0n) is 9.27. The van der Waals surface area contributed by atoms with E-state index in [0.717, 1.165) is 10.9 Å². The van der Waals surface area contributed by atoms with Gasteiger partial charge in [-0.1, -0.05) is 18.2 Å². The van der Waals surface area contributed by atoms with Crippen LogP contribution in [-0.2, 0) is 9.53 Å². The van der Waals surface area contributed by atoms with Crippen LogP contribution in [0.15, 0.2) is 30.5 Å². The Hall–Kier alpha value is -2.30. The minimum Gasteiger partial charge on any atom is -0.449 e. The number of para-hydroxylation sites is 1. The van der Waals surface area contributed by atoms with Gasteiger partial charge in [-0.3, -0.25) is 4.79 Å². The van der Waals surface area contributed by atoms with Crippen LogP contribution in [0.1, 0.15) is 17.3 Å². The fourth-order valence-electron chi connectivity index (χ4n) is 1.52. The van der Waals surface area contributed by atoms with Gasteiger partial charge in [0.1, 0.15) is 0 Å². The number of carbonyl (C=O) groups excluding carboxylic acids is 2. The number of esters is 1. The number of hydrogen-bond acceptors (Lipinski definition) is 3. The molecule has 2 aromatic rings. The lowest BCUT2D eigenvalue weighted by atomic mass is 10.2. The van der Waals surface area contributed by atoms with Gasteiger partial charge < -0.3 is 15.5 Å². The van der Waals surface area contributed by atoms with Crippen molar-refractivity contribution in [2.24, 2.45) is 5.73 Å². The smallest absolute Gasteiger partial charge is 0.341 e. The molecule has 5 nitrogen and oxygen atoms in total. The number of aromatic nitrogens is 1. The number of primary amides is 1. The van der Waals surface area contributed by atoms with Gasteiger partial charge in [0.2, 0.25) is 0 Å². The second-order valence-corrected chi connectivity index (χ2v) is 3.70. The number of hydrogen-bond donors (Lipinski definition) is 2. The van der Waals surface area contributed by atoms with Crippen LogP contribution in [-0.4, -0.2) is 23.0 Å². The first-order valence-electron chi connectivity index (χ1n) is 5.16. The Labute approximate surface area is 97.6 Å². The molecule has 0 aliphatic heterocycles. The van der Waals surface area contributed by atoms with Crippen molar-refractivity contribution in [1.82, 2.24) is 4.98 Å². The molecule has 0 spiro atoms. The summed E-state index contributed by atoms with van der Waals surface area (Å²) in [6, 6.07) is 7.34. The number of nitrogens with two attached hydrogens (primary N) is 1. The molecule has 1 aromatic heterocycles. The van der Waals surface area contributed by atoms with Gasteiger partial charge in [0, 0.05) is 17.1 Å². The molecule has 0 aliphatic rings. The van der Waals surface area contributed by atoms with Gasteiger partial charge in [0.25, 0.3) is 5.91 Å². The molecule has 0 radical (unpaired) electrons. The highest BCUT2D eigenvalue weighted by Gasteiger charge is 2.18. The minimum absolute atomic E-state index is 0.397. The predicted molar refractivity (Wildman–Crippen MR) is 62.4 cm³/mol.